The third kappa shape index (κ3) is 6.71. The van der Waals surface area contributed by atoms with Crippen molar-refractivity contribution in [3.63, 3.8) is 0 Å². The van der Waals surface area contributed by atoms with Gasteiger partial charge in [-0.05, 0) is 54.0 Å². The molecular formula is C28H26N2O5. The van der Waals surface area contributed by atoms with Gasteiger partial charge in [-0.1, -0.05) is 48.5 Å². The van der Waals surface area contributed by atoms with E-state index in [0.29, 0.717) is 22.6 Å². The van der Waals surface area contributed by atoms with Gasteiger partial charge >= 0.3 is 5.97 Å². The van der Waals surface area contributed by atoms with Crippen molar-refractivity contribution in [1.82, 2.24) is 5.32 Å². The summed E-state index contributed by atoms with van der Waals surface area (Å²) in [7, 11) is 2.85. The van der Waals surface area contributed by atoms with Crippen LogP contribution in [0.2, 0.25) is 0 Å². The summed E-state index contributed by atoms with van der Waals surface area (Å²) < 4.78 is 16.0. The van der Waals surface area contributed by atoms with Crippen LogP contribution >= 0.6 is 0 Å². The van der Waals surface area contributed by atoms with E-state index in [1.165, 1.54) is 20.3 Å². The highest BCUT2D eigenvalue weighted by Gasteiger charge is 2.14. The van der Waals surface area contributed by atoms with Crippen molar-refractivity contribution >= 4 is 18.0 Å². The van der Waals surface area contributed by atoms with E-state index in [1.54, 1.807) is 42.5 Å². The van der Waals surface area contributed by atoms with E-state index in [0.717, 1.165) is 11.1 Å². The van der Waals surface area contributed by atoms with Gasteiger partial charge in [0.25, 0.3) is 5.91 Å². The van der Waals surface area contributed by atoms with Gasteiger partial charge in [-0.3, -0.25) is 4.79 Å². The molecule has 0 aromatic heterocycles. The van der Waals surface area contributed by atoms with Gasteiger partial charge in [0, 0.05) is 0 Å². The Kier molecular flexibility index (Phi) is 8.63. The monoisotopic (exact) mass is 470 g/mol. The summed E-state index contributed by atoms with van der Waals surface area (Å²) in [5.74, 6) is 0.101. The van der Waals surface area contributed by atoms with Crippen LogP contribution in [-0.4, -0.2) is 26.1 Å². The van der Waals surface area contributed by atoms with E-state index < -0.39 is 11.9 Å². The molecule has 0 aliphatic carbocycles. The molecule has 1 atom stereocenters. The maximum absolute atomic E-state index is 12.6. The number of esters is 1. The molecule has 0 fully saturated rings. The second-order valence-electron chi connectivity index (χ2n) is 7.66. The number of nitriles is 1. The van der Waals surface area contributed by atoms with Gasteiger partial charge < -0.3 is 19.5 Å². The van der Waals surface area contributed by atoms with Gasteiger partial charge in [0.1, 0.15) is 18.2 Å². The van der Waals surface area contributed by atoms with Gasteiger partial charge in [-0.15, -0.1) is 0 Å². The Hall–Kier alpha value is -4.57. The zero-order chi connectivity index (χ0) is 25.2. The van der Waals surface area contributed by atoms with Crippen molar-refractivity contribution in [2.75, 3.05) is 14.2 Å². The molecule has 0 radical (unpaired) electrons. The molecule has 0 saturated carbocycles. The fraction of sp³-hybridized carbons (Fsp3) is 0.179. The summed E-state index contributed by atoms with van der Waals surface area (Å²) in [6.45, 7) is 2.12. The minimum atomic E-state index is -0.460. The summed E-state index contributed by atoms with van der Waals surface area (Å²) in [5, 5.41) is 12.4. The molecule has 0 spiro atoms. The molecule has 1 N–H and O–H groups in total. The number of hydrogen-bond donors (Lipinski definition) is 1. The third-order valence-electron chi connectivity index (χ3n) is 5.28. The number of rotatable bonds is 9. The van der Waals surface area contributed by atoms with Gasteiger partial charge in [-0.2, -0.15) is 5.26 Å². The van der Waals surface area contributed by atoms with Crippen LogP contribution in [0.15, 0.2) is 78.4 Å². The Balaban J connectivity index is 1.69. The maximum Gasteiger partial charge on any atom is 0.337 e. The topological polar surface area (TPSA) is 97.7 Å². The van der Waals surface area contributed by atoms with Gasteiger partial charge in [0.2, 0.25) is 0 Å². The van der Waals surface area contributed by atoms with E-state index in [4.69, 9.17) is 14.2 Å². The number of carbonyl (C=O) groups excluding carboxylic acids is 2. The quantitative estimate of drug-likeness (QED) is 0.273. The number of nitrogens with one attached hydrogen (secondary N) is 1. The third-order valence-corrected chi connectivity index (χ3v) is 5.28. The molecule has 0 saturated heterocycles. The highest BCUT2D eigenvalue weighted by atomic mass is 16.5. The smallest absolute Gasteiger partial charge is 0.337 e. The predicted molar refractivity (Wildman–Crippen MR) is 132 cm³/mol. The first-order chi connectivity index (χ1) is 16.9. The van der Waals surface area contributed by atoms with Gasteiger partial charge in [0.05, 0.1) is 25.8 Å². The minimum absolute atomic E-state index is 0.0193. The molecular weight excluding hydrogens is 444 g/mol. The normalized spacial score (nSPS) is 11.7. The molecule has 0 aliphatic heterocycles. The molecule has 3 aromatic rings. The zero-order valence-electron chi connectivity index (χ0n) is 19.8. The summed E-state index contributed by atoms with van der Waals surface area (Å²) in [6, 6.07) is 23.3. The molecule has 1 amide bonds. The Morgan fingerprint density at radius 2 is 1.71 bits per heavy atom. The molecule has 3 aromatic carbocycles. The number of amides is 1. The van der Waals surface area contributed by atoms with Crippen LogP contribution in [-0.2, 0) is 16.1 Å². The van der Waals surface area contributed by atoms with E-state index in [9.17, 15) is 14.9 Å². The van der Waals surface area contributed by atoms with Crippen LogP contribution in [0, 0.1) is 11.3 Å². The van der Waals surface area contributed by atoms with Crippen molar-refractivity contribution in [2.24, 2.45) is 0 Å². The first-order valence-corrected chi connectivity index (χ1v) is 10.9. The Morgan fingerprint density at radius 1 is 1.00 bits per heavy atom. The lowest BCUT2D eigenvalue weighted by Gasteiger charge is -2.14. The van der Waals surface area contributed by atoms with E-state index in [-0.39, 0.29) is 18.2 Å². The first kappa shape index (κ1) is 25.1. The standard InChI is InChI=1S/C28H26N2O5/c1-19(22-7-5-4-6-8-22)30-27(31)24(17-29)15-21-11-14-25(26(16-21)33-2)35-18-20-9-12-23(13-10-20)28(32)34-3/h4-16,19H,18H2,1-3H3,(H,30,31). The lowest BCUT2D eigenvalue weighted by atomic mass is 10.1. The highest BCUT2D eigenvalue weighted by molar-refractivity contribution is 6.01. The Morgan fingerprint density at radius 3 is 2.34 bits per heavy atom. The Labute approximate surface area is 204 Å². The average molecular weight is 471 g/mol. The van der Waals surface area contributed by atoms with Crippen LogP contribution in [0.3, 0.4) is 0 Å². The molecule has 3 rings (SSSR count). The number of carbonyl (C=O) groups is 2. The Bertz CT molecular complexity index is 1240. The van der Waals surface area contributed by atoms with E-state index in [2.05, 4.69) is 5.32 Å². The fourth-order valence-electron chi connectivity index (χ4n) is 3.32. The summed E-state index contributed by atoms with van der Waals surface area (Å²) in [4.78, 5) is 24.2. The minimum Gasteiger partial charge on any atom is -0.493 e. The zero-order valence-corrected chi connectivity index (χ0v) is 19.8. The second kappa shape index (κ2) is 12.1. The van der Waals surface area contributed by atoms with Crippen molar-refractivity contribution in [3.05, 3.63) is 101 Å². The fourth-order valence-corrected chi connectivity index (χ4v) is 3.32. The van der Waals surface area contributed by atoms with Crippen molar-refractivity contribution in [1.29, 1.82) is 5.26 Å². The number of benzene rings is 3. The molecule has 7 heteroatoms. The molecule has 35 heavy (non-hydrogen) atoms. The summed E-state index contributed by atoms with van der Waals surface area (Å²) >= 11 is 0. The van der Waals surface area contributed by atoms with E-state index in [1.807, 2.05) is 43.3 Å². The molecule has 0 heterocycles. The van der Waals surface area contributed by atoms with Crippen molar-refractivity contribution in [2.45, 2.75) is 19.6 Å². The number of hydrogen-bond acceptors (Lipinski definition) is 6. The van der Waals surface area contributed by atoms with Crippen LogP contribution in [0.5, 0.6) is 11.5 Å². The highest BCUT2D eigenvalue weighted by Crippen LogP contribution is 2.30. The second-order valence-corrected chi connectivity index (χ2v) is 7.66. The number of ether oxygens (including phenoxy) is 3. The lowest BCUT2D eigenvalue weighted by molar-refractivity contribution is -0.117. The SMILES string of the molecule is COC(=O)c1ccc(COc2ccc(C=C(C#N)C(=O)NC(C)c3ccccc3)cc2OC)cc1. The summed E-state index contributed by atoms with van der Waals surface area (Å²) in [5.41, 5.74) is 2.87. The van der Waals surface area contributed by atoms with E-state index >= 15 is 0 Å². The molecule has 7 nitrogen and oxygen atoms in total. The number of nitrogens with zero attached hydrogens (tertiary/aromatic N) is 1. The molecule has 1 unspecified atom stereocenters. The van der Waals surface area contributed by atoms with Crippen LogP contribution < -0.4 is 14.8 Å². The van der Waals surface area contributed by atoms with Crippen LogP contribution in [0.25, 0.3) is 6.08 Å². The van der Waals surface area contributed by atoms with Crippen LogP contribution in [0.4, 0.5) is 0 Å². The average Bonchev–Trinajstić information content (AvgIpc) is 2.90. The first-order valence-electron chi connectivity index (χ1n) is 10.9. The van der Waals surface area contributed by atoms with Crippen LogP contribution in [0.1, 0.15) is 40.0 Å². The molecule has 0 aliphatic rings. The molecule has 178 valence electrons. The lowest BCUT2D eigenvalue weighted by Crippen LogP contribution is -2.27. The van der Waals surface area contributed by atoms with Gasteiger partial charge in [0.15, 0.2) is 11.5 Å². The maximum atomic E-state index is 12.6. The number of methoxy groups -OCH3 is 2. The van der Waals surface area contributed by atoms with Crippen molar-refractivity contribution < 1.29 is 23.8 Å². The predicted octanol–water partition coefficient (Wildman–Crippen LogP) is 4.85. The summed E-state index contributed by atoms with van der Waals surface area (Å²) in [6.07, 6.45) is 1.50. The largest absolute Gasteiger partial charge is 0.493 e. The van der Waals surface area contributed by atoms with Crippen molar-refractivity contribution in [3.8, 4) is 17.6 Å². The molecule has 0 bridgehead atoms. The van der Waals surface area contributed by atoms with Gasteiger partial charge in [-0.25, -0.2) is 4.79 Å².